The minimum atomic E-state index is -1.02. The van der Waals surface area contributed by atoms with E-state index in [1.165, 1.54) is 6.07 Å². The lowest BCUT2D eigenvalue weighted by Crippen LogP contribution is -2.07. The summed E-state index contributed by atoms with van der Waals surface area (Å²) in [5, 5.41) is 8.71. The first-order chi connectivity index (χ1) is 9.11. The Morgan fingerprint density at radius 1 is 1.42 bits per heavy atom. The molecule has 5 nitrogen and oxygen atoms in total. The largest absolute Gasteiger partial charge is 0.481 e. The van der Waals surface area contributed by atoms with Gasteiger partial charge in [0, 0.05) is 5.56 Å². The average molecular weight is 256 g/mol. The second kappa shape index (κ2) is 5.19. The molecule has 0 unspecified atom stereocenters. The molecule has 0 amide bonds. The van der Waals surface area contributed by atoms with Gasteiger partial charge in [-0.1, -0.05) is 11.8 Å². The van der Waals surface area contributed by atoms with E-state index in [-0.39, 0.29) is 17.4 Å². The average Bonchev–Trinajstić information content (AvgIpc) is 2.39. The molecule has 1 N–H and O–H groups in total. The number of aldehydes is 1. The van der Waals surface area contributed by atoms with Crippen LogP contribution in [0.15, 0.2) is 33.7 Å². The van der Waals surface area contributed by atoms with Gasteiger partial charge in [0.05, 0.1) is 10.9 Å². The van der Waals surface area contributed by atoms with Crippen LogP contribution in [-0.2, 0) is 4.79 Å². The molecule has 0 saturated carbocycles. The SMILES string of the molecule is O=Cc1coc2ccc(C#CCC(=O)O)cc2c1=O. The summed E-state index contributed by atoms with van der Waals surface area (Å²) in [4.78, 5) is 32.8. The van der Waals surface area contributed by atoms with E-state index in [2.05, 4.69) is 11.8 Å². The number of benzene rings is 1. The van der Waals surface area contributed by atoms with Gasteiger partial charge in [0.15, 0.2) is 6.29 Å². The Bertz CT molecular complexity index is 774. The van der Waals surface area contributed by atoms with Gasteiger partial charge in [0.25, 0.3) is 0 Å². The van der Waals surface area contributed by atoms with Gasteiger partial charge in [0.2, 0.25) is 5.43 Å². The van der Waals surface area contributed by atoms with E-state index >= 15 is 0 Å². The molecule has 0 radical (unpaired) electrons. The van der Waals surface area contributed by atoms with Crippen LogP contribution in [0.1, 0.15) is 22.3 Å². The van der Waals surface area contributed by atoms with Gasteiger partial charge in [0.1, 0.15) is 18.3 Å². The summed E-state index contributed by atoms with van der Waals surface area (Å²) in [6.45, 7) is 0. The smallest absolute Gasteiger partial charge is 0.315 e. The Kier molecular flexibility index (Phi) is 3.44. The predicted octanol–water partition coefficient (Wildman–Crippen LogP) is 1.43. The maximum atomic E-state index is 11.9. The van der Waals surface area contributed by atoms with E-state index < -0.39 is 11.4 Å². The minimum absolute atomic E-state index is 0.0665. The Labute approximate surface area is 107 Å². The van der Waals surface area contributed by atoms with Crippen molar-refractivity contribution in [2.24, 2.45) is 0 Å². The van der Waals surface area contributed by atoms with Crippen LogP contribution in [0.25, 0.3) is 11.0 Å². The molecule has 2 aromatic rings. The Hall–Kier alpha value is -2.87. The molecule has 94 valence electrons. The van der Waals surface area contributed by atoms with E-state index in [1.807, 2.05) is 0 Å². The molecule has 0 saturated heterocycles. The highest BCUT2D eigenvalue weighted by Gasteiger charge is 2.06. The van der Waals surface area contributed by atoms with Crippen molar-refractivity contribution in [1.29, 1.82) is 0 Å². The van der Waals surface area contributed by atoms with E-state index in [0.29, 0.717) is 17.4 Å². The molecule has 1 heterocycles. The lowest BCUT2D eigenvalue weighted by Gasteiger charge is -1.98. The molecule has 0 aliphatic carbocycles. The highest BCUT2D eigenvalue weighted by molar-refractivity contribution is 5.85. The quantitative estimate of drug-likeness (QED) is 0.649. The standard InChI is InChI=1S/C14H8O5/c15-7-10-8-19-12-5-4-9(2-1-3-13(16)17)6-11(12)14(10)18/h4-8H,3H2,(H,16,17). The van der Waals surface area contributed by atoms with Gasteiger partial charge < -0.3 is 9.52 Å². The summed E-state index contributed by atoms with van der Waals surface area (Å²) in [5.74, 6) is 4.08. The normalized spacial score (nSPS) is 9.68. The molecule has 1 aromatic carbocycles. The molecular weight excluding hydrogens is 248 g/mol. The van der Waals surface area contributed by atoms with Gasteiger partial charge >= 0.3 is 5.97 Å². The summed E-state index contributed by atoms with van der Waals surface area (Å²) >= 11 is 0. The zero-order valence-electron chi connectivity index (χ0n) is 9.67. The number of fused-ring (bicyclic) bond motifs is 1. The molecule has 0 fully saturated rings. The van der Waals surface area contributed by atoms with E-state index in [9.17, 15) is 14.4 Å². The van der Waals surface area contributed by atoms with E-state index in [0.717, 1.165) is 6.26 Å². The molecule has 0 spiro atoms. The Morgan fingerprint density at radius 3 is 2.89 bits per heavy atom. The molecular formula is C14H8O5. The fourth-order valence-electron chi connectivity index (χ4n) is 1.53. The van der Waals surface area contributed by atoms with Crippen LogP contribution in [0.4, 0.5) is 0 Å². The van der Waals surface area contributed by atoms with E-state index in [1.54, 1.807) is 12.1 Å². The molecule has 19 heavy (non-hydrogen) atoms. The molecule has 0 bridgehead atoms. The zero-order valence-corrected chi connectivity index (χ0v) is 9.67. The first-order valence-electron chi connectivity index (χ1n) is 5.33. The lowest BCUT2D eigenvalue weighted by molar-refractivity contribution is -0.135. The van der Waals surface area contributed by atoms with Crippen LogP contribution < -0.4 is 5.43 Å². The van der Waals surface area contributed by atoms with Gasteiger partial charge in [-0.2, -0.15) is 0 Å². The van der Waals surface area contributed by atoms with Crippen molar-refractivity contribution in [3.05, 3.63) is 45.8 Å². The number of carboxylic acids is 1. The van der Waals surface area contributed by atoms with Crippen molar-refractivity contribution in [2.75, 3.05) is 0 Å². The summed E-state index contributed by atoms with van der Waals surface area (Å²) in [5.41, 5.74) is 0.338. The Morgan fingerprint density at radius 2 is 2.21 bits per heavy atom. The van der Waals surface area contributed by atoms with Crippen LogP contribution in [0.5, 0.6) is 0 Å². The number of carbonyl (C=O) groups is 2. The fraction of sp³-hybridized carbons (Fsp3) is 0.0714. The third-order valence-electron chi connectivity index (χ3n) is 2.40. The third-order valence-corrected chi connectivity index (χ3v) is 2.40. The molecule has 1 aromatic heterocycles. The maximum Gasteiger partial charge on any atom is 0.315 e. The van der Waals surface area contributed by atoms with Crippen LogP contribution in [0, 0.1) is 11.8 Å². The second-order valence-electron chi connectivity index (χ2n) is 3.72. The molecule has 5 heteroatoms. The van der Waals surface area contributed by atoms with Crippen LogP contribution >= 0.6 is 0 Å². The summed E-state index contributed by atoms with van der Waals surface area (Å²) in [6.07, 6.45) is 1.25. The number of rotatable bonds is 2. The van der Waals surface area contributed by atoms with Gasteiger partial charge in [-0.25, -0.2) is 0 Å². The number of carbonyl (C=O) groups excluding carboxylic acids is 1. The number of hydrogen-bond acceptors (Lipinski definition) is 4. The van der Waals surface area contributed by atoms with E-state index in [4.69, 9.17) is 9.52 Å². The minimum Gasteiger partial charge on any atom is -0.481 e. The zero-order chi connectivity index (χ0) is 13.8. The topological polar surface area (TPSA) is 84.6 Å². The van der Waals surface area contributed by atoms with Crippen molar-refractivity contribution >= 4 is 23.2 Å². The highest BCUT2D eigenvalue weighted by Crippen LogP contribution is 2.12. The number of aliphatic carboxylic acids is 1. The van der Waals surface area contributed by atoms with Crippen molar-refractivity contribution < 1.29 is 19.1 Å². The maximum absolute atomic E-state index is 11.9. The first-order valence-corrected chi connectivity index (χ1v) is 5.33. The van der Waals surface area contributed by atoms with Crippen LogP contribution in [0.2, 0.25) is 0 Å². The summed E-state index contributed by atoms with van der Waals surface area (Å²) in [6, 6.07) is 4.64. The van der Waals surface area contributed by atoms with Crippen LogP contribution in [-0.4, -0.2) is 17.4 Å². The summed E-state index contributed by atoms with van der Waals surface area (Å²) in [7, 11) is 0. The molecule has 2 rings (SSSR count). The van der Waals surface area contributed by atoms with Crippen LogP contribution in [0.3, 0.4) is 0 Å². The van der Waals surface area contributed by atoms with Gasteiger partial charge in [-0.3, -0.25) is 14.4 Å². The van der Waals surface area contributed by atoms with Gasteiger partial charge in [-0.15, -0.1) is 0 Å². The monoisotopic (exact) mass is 256 g/mol. The van der Waals surface area contributed by atoms with Gasteiger partial charge in [-0.05, 0) is 18.2 Å². The summed E-state index contributed by atoms with van der Waals surface area (Å²) < 4.78 is 5.14. The number of hydrogen-bond donors (Lipinski definition) is 1. The van der Waals surface area contributed by atoms with Crippen molar-refractivity contribution in [3.8, 4) is 11.8 Å². The molecule has 0 atom stereocenters. The lowest BCUT2D eigenvalue weighted by atomic mass is 10.1. The molecule has 0 aliphatic heterocycles. The fourth-order valence-corrected chi connectivity index (χ4v) is 1.53. The van der Waals surface area contributed by atoms with Crippen molar-refractivity contribution in [1.82, 2.24) is 0 Å². The molecule has 0 aliphatic rings. The highest BCUT2D eigenvalue weighted by atomic mass is 16.4. The first kappa shape index (κ1) is 12.6. The third kappa shape index (κ3) is 2.69. The Balaban J connectivity index is 2.52. The second-order valence-corrected chi connectivity index (χ2v) is 3.72. The number of carboxylic acid groups (broad SMARTS) is 1. The predicted molar refractivity (Wildman–Crippen MR) is 67.0 cm³/mol. The van der Waals surface area contributed by atoms with Crippen molar-refractivity contribution in [3.63, 3.8) is 0 Å². The van der Waals surface area contributed by atoms with Crippen molar-refractivity contribution in [2.45, 2.75) is 6.42 Å².